The van der Waals surface area contributed by atoms with E-state index in [-0.39, 0.29) is 18.1 Å². The molecule has 196 valence electrons. The smallest absolute Gasteiger partial charge is 0.347 e. The molecule has 4 rings (SSSR count). The number of carbonyl (C=O) groups is 1. The summed E-state index contributed by atoms with van der Waals surface area (Å²) in [5.74, 6) is 1.29. The van der Waals surface area contributed by atoms with Gasteiger partial charge in [0.2, 0.25) is 0 Å². The third-order valence-corrected chi connectivity index (χ3v) is 7.03. The van der Waals surface area contributed by atoms with Crippen LogP contribution >= 0.6 is 15.9 Å². The summed E-state index contributed by atoms with van der Waals surface area (Å²) in [6.07, 6.45) is 6.24. The first-order chi connectivity index (χ1) is 17.9. The van der Waals surface area contributed by atoms with E-state index >= 15 is 0 Å². The Bertz CT molecular complexity index is 1350. The second-order valence-corrected chi connectivity index (χ2v) is 9.80. The van der Waals surface area contributed by atoms with Crippen molar-refractivity contribution in [2.45, 2.75) is 64.9 Å². The van der Waals surface area contributed by atoms with Crippen LogP contribution in [-0.4, -0.2) is 41.2 Å². The van der Waals surface area contributed by atoms with Crippen molar-refractivity contribution in [2.75, 3.05) is 13.2 Å². The number of rotatable bonds is 9. The highest BCUT2D eigenvalue weighted by molar-refractivity contribution is 9.10. The third-order valence-electron chi connectivity index (χ3n) is 6.35. The van der Waals surface area contributed by atoms with Crippen molar-refractivity contribution in [1.29, 1.82) is 0 Å². The minimum Gasteiger partial charge on any atom is -0.490 e. The van der Waals surface area contributed by atoms with Crippen LogP contribution in [0.25, 0.3) is 10.9 Å². The molecule has 1 atom stereocenters. The fourth-order valence-corrected chi connectivity index (χ4v) is 4.93. The second kappa shape index (κ2) is 12.4. The SMILES string of the molecule is CCOC(=O)[C@H](C)Oc1cc(Br)c(C=Nn2c(C3CCCCC3)nc3ccccc3c2=O)cc1OCC. The topological polar surface area (TPSA) is 92.0 Å². The van der Waals surface area contributed by atoms with Crippen LogP contribution in [0.1, 0.15) is 70.2 Å². The average molecular weight is 570 g/mol. The molecule has 0 aliphatic heterocycles. The molecule has 1 heterocycles. The Labute approximate surface area is 224 Å². The summed E-state index contributed by atoms with van der Waals surface area (Å²) in [5.41, 5.74) is 1.19. The van der Waals surface area contributed by atoms with Crippen molar-refractivity contribution in [3.05, 3.63) is 62.6 Å². The van der Waals surface area contributed by atoms with E-state index in [1.807, 2.05) is 25.1 Å². The molecule has 0 N–H and O–H groups in total. The van der Waals surface area contributed by atoms with Gasteiger partial charge in [-0.3, -0.25) is 4.79 Å². The molecule has 0 spiro atoms. The van der Waals surface area contributed by atoms with Gasteiger partial charge in [-0.2, -0.15) is 9.78 Å². The first-order valence-corrected chi connectivity index (χ1v) is 13.6. The van der Waals surface area contributed by atoms with Crippen molar-refractivity contribution in [1.82, 2.24) is 9.66 Å². The number of halogens is 1. The van der Waals surface area contributed by atoms with Crippen LogP contribution in [0.4, 0.5) is 0 Å². The Morgan fingerprint density at radius 1 is 1.16 bits per heavy atom. The monoisotopic (exact) mass is 569 g/mol. The van der Waals surface area contributed by atoms with E-state index in [0.29, 0.717) is 44.9 Å². The molecule has 0 radical (unpaired) electrons. The lowest BCUT2D eigenvalue weighted by Crippen LogP contribution is -2.26. The van der Waals surface area contributed by atoms with Crippen LogP contribution in [0.2, 0.25) is 0 Å². The van der Waals surface area contributed by atoms with Crippen LogP contribution in [0, 0.1) is 0 Å². The number of benzene rings is 2. The number of carbonyl (C=O) groups excluding carboxylic acids is 1. The van der Waals surface area contributed by atoms with Crippen LogP contribution in [0.5, 0.6) is 11.5 Å². The Kier molecular flexibility index (Phi) is 8.97. The second-order valence-electron chi connectivity index (χ2n) is 8.95. The highest BCUT2D eigenvalue weighted by Crippen LogP contribution is 2.35. The normalized spacial score (nSPS) is 15.1. The number of nitrogens with zero attached hydrogens (tertiary/aromatic N) is 3. The van der Waals surface area contributed by atoms with E-state index in [0.717, 1.165) is 25.7 Å². The van der Waals surface area contributed by atoms with Gasteiger partial charge in [0.05, 0.1) is 30.3 Å². The molecule has 2 aromatic carbocycles. The minimum absolute atomic E-state index is 0.186. The summed E-state index contributed by atoms with van der Waals surface area (Å²) in [5, 5.41) is 5.16. The lowest BCUT2D eigenvalue weighted by molar-refractivity contribution is -0.150. The molecule has 8 nitrogen and oxygen atoms in total. The van der Waals surface area contributed by atoms with Crippen LogP contribution in [0.15, 0.2) is 50.8 Å². The lowest BCUT2D eigenvalue weighted by atomic mass is 9.88. The van der Waals surface area contributed by atoms with E-state index in [1.165, 1.54) is 11.1 Å². The average Bonchev–Trinajstić information content (AvgIpc) is 2.90. The van der Waals surface area contributed by atoms with Crippen molar-refractivity contribution < 1.29 is 19.0 Å². The lowest BCUT2D eigenvalue weighted by Gasteiger charge is -2.22. The quantitative estimate of drug-likeness (QED) is 0.238. The molecule has 9 heteroatoms. The van der Waals surface area contributed by atoms with Gasteiger partial charge in [0.15, 0.2) is 17.6 Å². The molecule has 1 saturated carbocycles. The molecule has 3 aromatic rings. The molecular weight excluding hydrogens is 538 g/mol. The standard InChI is InChI=1S/C28H32BrN3O5/c1-4-35-24-15-20(22(29)16-25(24)37-18(3)28(34)36-5-2)17-30-32-26(19-11-7-6-8-12-19)31-23-14-10-9-13-21(23)27(32)33/h9-10,13-19H,4-8,11-12H2,1-3H3/t18-/m0/s1. The Morgan fingerprint density at radius 2 is 1.92 bits per heavy atom. The van der Waals surface area contributed by atoms with Gasteiger partial charge in [-0.1, -0.05) is 31.4 Å². The maximum absolute atomic E-state index is 13.5. The van der Waals surface area contributed by atoms with Gasteiger partial charge in [-0.25, -0.2) is 9.78 Å². The zero-order valence-corrected chi connectivity index (χ0v) is 23.0. The minimum atomic E-state index is -0.800. The zero-order valence-electron chi connectivity index (χ0n) is 21.4. The number of hydrogen-bond donors (Lipinski definition) is 0. The summed E-state index contributed by atoms with van der Waals surface area (Å²) in [4.78, 5) is 30.4. The molecule has 1 aromatic heterocycles. The van der Waals surface area contributed by atoms with E-state index in [9.17, 15) is 9.59 Å². The van der Waals surface area contributed by atoms with Gasteiger partial charge in [0.1, 0.15) is 5.82 Å². The van der Waals surface area contributed by atoms with E-state index in [4.69, 9.17) is 19.2 Å². The fourth-order valence-electron chi connectivity index (χ4n) is 4.51. The maximum atomic E-state index is 13.5. The fraction of sp³-hybridized carbons (Fsp3) is 0.429. The largest absolute Gasteiger partial charge is 0.490 e. The van der Waals surface area contributed by atoms with Gasteiger partial charge in [0, 0.05) is 16.0 Å². The summed E-state index contributed by atoms with van der Waals surface area (Å²) in [6.45, 7) is 5.92. The number of ether oxygens (including phenoxy) is 3. The molecule has 1 fully saturated rings. The highest BCUT2D eigenvalue weighted by atomic mass is 79.9. The van der Waals surface area contributed by atoms with Gasteiger partial charge >= 0.3 is 5.97 Å². The third kappa shape index (κ3) is 6.21. The van der Waals surface area contributed by atoms with Gasteiger partial charge in [0.25, 0.3) is 5.56 Å². The molecule has 0 bridgehead atoms. The number of fused-ring (bicyclic) bond motifs is 1. The number of aromatic nitrogens is 2. The molecule has 1 aliphatic carbocycles. The Balaban J connectivity index is 1.73. The highest BCUT2D eigenvalue weighted by Gasteiger charge is 2.23. The van der Waals surface area contributed by atoms with E-state index < -0.39 is 12.1 Å². The first kappa shape index (κ1) is 26.9. The van der Waals surface area contributed by atoms with Crippen molar-refractivity contribution in [3.8, 4) is 11.5 Å². The summed E-state index contributed by atoms with van der Waals surface area (Å²) in [7, 11) is 0. The number of hydrogen-bond acceptors (Lipinski definition) is 7. The molecular formula is C28H32BrN3O5. The van der Waals surface area contributed by atoms with Gasteiger partial charge < -0.3 is 14.2 Å². The van der Waals surface area contributed by atoms with Gasteiger partial charge in [-0.15, -0.1) is 0 Å². The maximum Gasteiger partial charge on any atom is 0.347 e. The van der Waals surface area contributed by atoms with Crippen molar-refractivity contribution >= 4 is 39.0 Å². The molecule has 0 saturated heterocycles. The van der Waals surface area contributed by atoms with E-state index in [1.54, 1.807) is 38.3 Å². The van der Waals surface area contributed by atoms with Crippen molar-refractivity contribution in [3.63, 3.8) is 0 Å². The Morgan fingerprint density at radius 3 is 2.65 bits per heavy atom. The Hall–Kier alpha value is -3.20. The van der Waals surface area contributed by atoms with Crippen LogP contribution in [0.3, 0.4) is 0 Å². The van der Waals surface area contributed by atoms with Crippen LogP contribution < -0.4 is 15.0 Å². The van der Waals surface area contributed by atoms with E-state index in [2.05, 4.69) is 21.0 Å². The predicted molar refractivity (Wildman–Crippen MR) is 147 cm³/mol. The van der Waals surface area contributed by atoms with Crippen molar-refractivity contribution in [2.24, 2.45) is 5.10 Å². The summed E-state index contributed by atoms with van der Waals surface area (Å²) in [6, 6.07) is 10.9. The number of para-hydroxylation sites is 1. The summed E-state index contributed by atoms with van der Waals surface area (Å²) < 4.78 is 18.8. The zero-order chi connectivity index (χ0) is 26.4. The summed E-state index contributed by atoms with van der Waals surface area (Å²) >= 11 is 3.57. The molecule has 0 unspecified atom stereocenters. The molecule has 1 aliphatic rings. The van der Waals surface area contributed by atoms with Crippen LogP contribution in [-0.2, 0) is 9.53 Å². The molecule has 0 amide bonds. The number of esters is 1. The molecule has 37 heavy (non-hydrogen) atoms. The predicted octanol–water partition coefficient (Wildman–Crippen LogP) is 5.82. The first-order valence-electron chi connectivity index (χ1n) is 12.8. The van der Waals surface area contributed by atoms with Gasteiger partial charge in [-0.05, 0) is 73.8 Å².